The SMILES string of the molecule is CC(=O)O[C@H](C[C@@H](O)C[C@H](O)/C=C/c1ccccc1)C[C@@H]1OC(=O)C=C[C@@H]1O. The molecule has 0 radical (unpaired) electrons. The van der Waals surface area contributed by atoms with E-state index in [0.717, 1.165) is 11.6 Å². The van der Waals surface area contributed by atoms with Crippen molar-refractivity contribution in [2.75, 3.05) is 0 Å². The largest absolute Gasteiger partial charge is 0.462 e. The third-order valence-electron chi connectivity index (χ3n) is 4.26. The van der Waals surface area contributed by atoms with Gasteiger partial charge in [-0.15, -0.1) is 0 Å². The standard InChI is InChI=1S/C21H26O7/c1-14(22)27-18(13-20-19(25)9-10-21(26)28-20)12-17(24)11-16(23)8-7-15-5-3-2-4-6-15/h2-10,16-20,23-25H,11-13H2,1H3/b8-7+/t16-,17+,18-,19+,20+/m1/s1. The van der Waals surface area contributed by atoms with Crippen LogP contribution in [-0.4, -0.2) is 57.8 Å². The van der Waals surface area contributed by atoms with Crippen LogP contribution in [0, 0.1) is 0 Å². The van der Waals surface area contributed by atoms with Crippen LogP contribution in [0.3, 0.4) is 0 Å². The van der Waals surface area contributed by atoms with Crippen LogP contribution >= 0.6 is 0 Å². The summed E-state index contributed by atoms with van der Waals surface area (Å²) in [5.41, 5.74) is 0.926. The Balaban J connectivity index is 1.89. The second kappa shape index (κ2) is 10.8. The molecule has 1 aromatic carbocycles. The number of carbonyl (C=O) groups is 2. The van der Waals surface area contributed by atoms with E-state index in [1.54, 1.807) is 12.2 Å². The van der Waals surface area contributed by atoms with Crippen molar-refractivity contribution in [1.82, 2.24) is 0 Å². The first-order chi connectivity index (χ1) is 13.3. The molecule has 5 atom stereocenters. The molecule has 1 aliphatic heterocycles. The van der Waals surface area contributed by atoms with E-state index < -0.39 is 42.5 Å². The molecule has 0 spiro atoms. The van der Waals surface area contributed by atoms with Crippen LogP contribution in [-0.2, 0) is 19.1 Å². The summed E-state index contributed by atoms with van der Waals surface area (Å²) >= 11 is 0. The molecule has 0 unspecified atom stereocenters. The fourth-order valence-electron chi connectivity index (χ4n) is 2.98. The Morgan fingerprint density at radius 3 is 2.64 bits per heavy atom. The summed E-state index contributed by atoms with van der Waals surface area (Å²) < 4.78 is 10.2. The number of rotatable bonds is 9. The Labute approximate surface area is 163 Å². The summed E-state index contributed by atoms with van der Waals surface area (Å²) in [4.78, 5) is 22.7. The molecule has 2 rings (SSSR count). The van der Waals surface area contributed by atoms with E-state index in [2.05, 4.69) is 0 Å². The molecule has 0 amide bonds. The molecule has 152 valence electrons. The highest BCUT2D eigenvalue weighted by Gasteiger charge is 2.30. The number of esters is 2. The van der Waals surface area contributed by atoms with Gasteiger partial charge in [-0.25, -0.2) is 4.79 Å². The van der Waals surface area contributed by atoms with Crippen molar-refractivity contribution in [2.24, 2.45) is 0 Å². The van der Waals surface area contributed by atoms with E-state index in [0.29, 0.717) is 0 Å². The maximum atomic E-state index is 11.4. The minimum atomic E-state index is -1.01. The van der Waals surface area contributed by atoms with Crippen molar-refractivity contribution >= 4 is 18.0 Å². The van der Waals surface area contributed by atoms with Crippen LogP contribution in [0.1, 0.15) is 31.7 Å². The fraction of sp³-hybridized carbons (Fsp3) is 0.429. The number of hydrogen-bond acceptors (Lipinski definition) is 7. The van der Waals surface area contributed by atoms with Gasteiger partial charge in [0.15, 0.2) is 0 Å². The highest BCUT2D eigenvalue weighted by atomic mass is 16.6. The third kappa shape index (κ3) is 7.64. The lowest BCUT2D eigenvalue weighted by atomic mass is 9.97. The van der Waals surface area contributed by atoms with E-state index in [1.165, 1.54) is 13.0 Å². The maximum Gasteiger partial charge on any atom is 0.330 e. The summed E-state index contributed by atoms with van der Waals surface area (Å²) in [5.74, 6) is -1.13. The summed E-state index contributed by atoms with van der Waals surface area (Å²) in [6, 6.07) is 9.44. The number of benzene rings is 1. The second-order valence-corrected chi connectivity index (χ2v) is 6.75. The Morgan fingerprint density at radius 2 is 1.96 bits per heavy atom. The Morgan fingerprint density at radius 1 is 1.25 bits per heavy atom. The Hall–Kier alpha value is -2.48. The van der Waals surface area contributed by atoms with Gasteiger partial charge in [-0.2, -0.15) is 0 Å². The van der Waals surface area contributed by atoms with Crippen molar-refractivity contribution in [1.29, 1.82) is 0 Å². The van der Waals surface area contributed by atoms with Gasteiger partial charge >= 0.3 is 11.9 Å². The van der Waals surface area contributed by atoms with Crippen LogP contribution in [0.15, 0.2) is 48.6 Å². The first-order valence-corrected chi connectivity index (χ1v) is 9.17. The monoisotopic (exact) mass is 390 g/mol. The van der Waals surface area contributed by atoms with Gasteiger partial charge in [-0.05, 0) is 11.6 Å². The predicted octanol–water partition coefficient (Wildman–Crippen LogP) is 1.37. The van der Waals surface area contributed by atoms with Gasteiger partial charge in [-0.3, -0.25) is 4.79 Å². The zero-order valence-corrected chi connectivity index (χ0v) is 15.7. The van der Waals surface area contributed by atoms with E-state index >= 15 is 0 Å². The molecule has 0 fully saturated rings. The first kappa shape index (κ1) is 21.8. The molecule has 0 aliphatic carbocycles. The second-order valence-electron chi connectivity index (χ2n) is 6.75. The minimum absolute atomic E-state index is 0.0420. The van der Waals surface area contributed by atoms with Crippen LogP contribution in [0.4, 0.5) is 0 Å². The molecule has 1 aromatic rings. The molecular formula is C21H26O7. The quantitative estimate of drug-likeness (QED) is 0.546. The molecule has 3 N–H and O–H groups in total. The minimum Gasteiger partial charge on any atom is -0.462 e. The predicted molar refractivity (Wildman–Crippen MR) is 102 cm³/mol. The maximum absolute atomic E-state index is 11.4. The molecule has 28 heavy (non-hydrogen) atoms. The summed E-state index contributed by atoms with van der Waals surface area (Å²) in [5, 5.41) is 30.3. The molecule has 1 heterocycles. The normalized spacial score (nSPS) is 22.5. The van der Waals surface area contributed by atoms with Crippen molar-refractivity contribution < 1.29 is 34.4 Å². The van der Waals surface area contributed by atoms with Crippen molar-refractivity contribution in [3.8, 4) is 0 Å². The fourth-order valence-corrected chi connectivity index (χ4v) is 2.98. The molecular weight excluding hydrogens is 364 g/mol. The molecule has 7 heteroatoms. The van der Waals surface area contributed by atoms with Crippen LogP contribution in [0.2, 0.25) is 0 Å². The lowest BCUT2D eigenvalue weighted by Crippen LogP contribution is -2.38. The van der Waals surface area contributed by atoms with Crippen molar-refractivity contribution in [3.63, 3.8) is 0 Å². The van der Waals surface area contributed by atoms with Gasteiger partial charge in [-0.1, -0.05) is 42.5 Å². The molecule has 0 saturated heterocycles. The summed E-state index contributed by atoms with van der Waals surface area (Å²) in [6.45, 7) is 1.24. The molecule has 0 aromatic heterocycles. The molecule has 1 aliphatic rings. The lowest BCUT2D eigenvalue weighted by molar-refractivity contribution is -0.157. The van der Waals surface area contributed by atoms with E-state index in [9.17, 15) is 24.9 Å². The zero-order valence-electron chi connectivity index (χ0n) is 15.7. The Kier molecular flexibility index (Phi) is 8.38. The Bertz CT molecular complexity index is 698. The molecule has 0 bridgehead atoms. The number of hydrogen-bond donors (Lipinski definition) is 3. The zero-order chi connectivity index (χ0) is 20.5. The van der Waals surface area contributed by atoms with Gasteiger partial charge in [0.2, 0.25) is 0 Å². The van der Waals surface area contributed by atoms with Gasteiger partial charge in [0.1, 0.15) is 18.3 Å². The van der Waals surface area contributed by atoms with E-state index in [-0.39, 0.29) is 19.3 Å². The van der Waals surface area contributed by atoms with Crippen LogP contribution in [0.5, 0.6) is 0 Å². The van der Waals surface area contributed by atoms with Gasteiger partial charge in [0, 0.05) is 32.3 Å². The number of cyclic esters (lactones) is 1. The average Bonchev–Trinajstić information content (AvgIpc) is 2.63. The van der Waals surface area contributed by atoms with Gasteiger partial charge < -0.3 is 24.8 Å². The number of aliphatic hydroxyl groups excluding tert-OH is 3. The van der Waals surface area contributed by atoms with Crippen LogP contribution < -0.4 is 0 Å². The lowest BCUT2D eigenvalue weighted by Gasteiger charge is -2.28. The highest BCUT2D eigenvalue weighted by molar-refractivity contribution is 5.83. The van der Waals surface area contributed by atoms with Crippen LogP contribution in [0.25, 0.3) is 6.08 Å². The van der Waals surface area contributed by atoms with E-state index in [4.69, 9.17) is 9.47 Å². The van der Waals surface area contributed by atoms with Gasteiger partial charge in [0.25, 0.3) is 0 Å². The number of ether oxygens (including phenoxy) is 2. The first-order valence-electron chi connectivity index (χ1n) is 9.17. The summed E-state index contributed by atoms with van der Waals surface area (Å²) in [6.07, 6.45) is 1.45. The smallest absolute Gasteiger partial charge is 0.330 e. The number of aliphatic hydroxyl groups is 3. The molecule has 0 saturated carbocycles. The van der Waals surface area contributed by atoms with Crippen molar-refractivity contribution in [3.05, 3.63) is 54.1 Å². The van der Waals surface area contributed by atoms with Gasteiger partial charge in [0.05, 0.1) is 12.2 Å². The van der Waals surface area contributed by atoms with E-state index in [1.807, 2.05) is 30.3 Å². The number of carbonyl (C=O) groups excluding carboxylic acids is 2. The molecule has 7 nitrogen and oxygen atoms in total. The van der Waals surface area contributed by atoms with Crippen molar-refractivity contribution in [2.45, 2.75) is 56.7 Å². The average molecular weight is 390 g/mol. The third-order valence-corrected chi connectivity index (χ3v) is 4.26. The summed E-state index contributed by atoms with van der Waals surface area (Å²) in [7, 11) is 0. The topological polar surface area (TPSA) is 113 Å². The highest BCUT2D eigenvalue weighted by Crippen LogP contribution is 2.20.